The molecule has 0 aromatic heterocycles. The van der Waals surface area contributed by atoms with Gasteiger partial charge in [0.1, 0.15) is 5.75 Å². The summed E-state index contributed by atoms with van der Waals surface area (Å²) >= 11 is 12.1. The molecule has 0 bridgehead atoms. The standard InChI is InChI=1S/C15H23Cl2NO/c1-10-5-14(15(19)6-11(10)2)9-18(7-12(3)16)8-13(4)17/h5-6,12-13,19H,7-9H2,1-4H3/t12-,13-/m1/s1. The van der Waals surface area contributed by atoms with Crippen LogP contribution in [0.1, 0.15) is 30.5 Å². The van der Waals surface area contributed by atoms with Crippen LogP contribution in [0, 0.1) is 13.8 Å². The number of hydrogen-bond donors (Lipinski definition) is 1. The molecular weight excluding hydrogens is 281 g/mol. The molecule has 1 rings (SSSR count). The van der Waals surface area contributed by atoms with E-state index < -0.39 is 0 Å². The van der Waals surface area contributed by atoms with Crippen molar-refractivity contribution in [3.8, 4) is 5.75 Å². The van der Waals surface area contributed by atoms with Crippen LogP contribution in [0.15, 0.2) is 12.1 Å². The summed E-state index contributed by atoms with van der Waals surface area (Å²) in [7, 11) is 0. The summed E-state index contributed by atoms with van der Waals surface area (Å²) in [5.41, 5.74) is 3.22. The minimum absolute atomic E-state index is 0.0594. The quantitative estimate of drug-likeness (QED) is 0.801. The summed E-state index contributed by atoms with van der Waals surface area (Å²) in [5.74, 6) is 0.345. The SMILES string of the molecule is Cc1cc(O)c(CN(C[C@@H](C)Cl)C[C@@H](C)Cl)cc1C. The van der Waals surface area contributed by atoms with Crippen LogP contribution in [0.2, 0.25) is 0 Å². The number of nitrogens with zero attached hydrogens (tertiary/aromatic N) is 1. The molecular formula is C15H23Cl2NO. The van der Waals surface area contributed by atoms with Crippen LogP contribution in [0.25, 0.3) is 0 Å². The molecule has 0 saturated carbocycles. The van der Waals surface area contributed by atoms with E-state index in [0.29, 0.717) is 12.3 Å². The Hall–Kier alpha value is -0.440. The van der Waals surface area contributed by atoms with E-state index in [2.05, 4.69) is 11.8 Å². The average molecular weight is 304 g/mol. The maximum Gasteiger partial charge on any atom is 0.120 e. The molecule has 0 aliphatic carbocycles. The number of aryl methyl sites for hydroxylation is 2. The van der Waals surface area contributed by atoms with Gasteiger partial charge in [-0.05, 0) is 44.9 Å². The van der Waals surface area contributed by atoms with Crippen molar-refractivity contribution in [3.63, 3.8) is 0 Å². The number of phenols is 1. The van der Waals surface area contributed by atoms with Crippen LogP contribution in [-0.4, -0.2) is 33.9 Å². The zero-order chi connectivity index (χ0) is 14.6. The van der Waals surface area contributed by atoms with E-state index in [0.717, 1.165) is 24.2 Å². The van der Waals surface area contributed by atoms with Gasteiger partial charge in [-0.3, -0.25) is 4.90 Å². The first-order chi connectivity index (χ1) is 8.79. The van der Waals surface area contributed by atoms with Crippen LogP contribution >= 0.6 is 23.2 Å². The highest BCUT2D eigenvalue weighted by molar-refractivity contribution is 6.21. The molecule has 1 aromatic rings. The molecule has 0 heterocycles. The lowest BCUT2D eigenvalue weighted by Gasteiger charge is -2.25. The summed E-state index contributed by atoms with van der Waals surface area (Å²) in [6, 6.07) is 3.85. The molecule has 2 nitrogen and oxygen atoms in total. The van der Waals surface area contributed by atoms with Crippen LogP contribution in [0.3, 0.4) is 0 Å². The van der Waals surface area contributed by atoms with Crippen molar-refractivity contribution in [1.29, 1.82) is 0 Å². The third kappa shape index (κ3) is 5.60. The summed E-state index contributed by atoms with van der Waals surface area (Å²) in [4.78, 5) is 2.18. The van der Waals surface area contributed by atoms with Crippen molar-refractivity contribution in [2.45, 2.75) is 45.0 Å². The van der Waals surface area contributed by atoms with Gasteiger partial charge in [-0.1, -0.05) is 6.07 Å². The van der Waals surface area contributed by atoms with Gasteiger partial charge in [0.2, 0.25) is 0 Å². The monoisotopic (exact) mass is 303 g/mol. The summed E-state index contributed by atoms with van der Waals surface area (Å²) in [6.45, 7) is 10.2. The predicted molar refractivity (Wildman–Crippen MR) is 83.5 cm³/mol. The van der Waals surface area contributed by atoms with Gasteiger partial charge in [0.25, 0.3) is 0 Å². The first-order valence-electron chi connectivity index (χ1n) is 6.59. The molecule has 19 heavy (non-hydrogen) atoms. The Labute approximate surface area is 126 Å². The lowest BCUT2D eigenvalue weighted by Crippen LogP contribution is -2.33. The van der Waals surface area contributed by atoms with E-state index in [1.165, 1.54) is 5.56 Å². The van der Waals surface area contributed by atoms with Gasteiger partial charge < -0.3 is 5.11 Å². The topological polar surface area (TPSA) is 23.5 Å². The minimum atomic E-state index is 0.0594. The lowest BCUT2D eigenvalue weighted by atomic mass is 10.0. The summed E-state index contributed by atoms with van der Waals surface area (Å²) in [6.07, 6.45) is 0. The molecule has 0 spiro atoms. The first-order valence-corrected chi connectivity index (χ1v) is 7.46. The van der Waals surface area contributed by atoms with Crippen LogP contribution < -0.4 is 0 Å². The molecule has 0 amide bonds. The number of benzene rings is 1. The maximum atomic E-state index is 10.0. The fourth-order valence-corrected chi connectivity index (χ4v) is 2.53. The fourth-order valence-electron chi connectivity index (χ4n) is 2.14. The largest absolute Gasteiger partial charge is 0.508 e. The molecule has 0 aliphatic rings. The van der Waals surface area contributed by atoms with Crippen LogP contribution in [0.5, 0.6) is 5.75 Å². The molecule has 4 heteroatoms. The van der Waals surface area contributed by atoms with E-state index in [-0.39, 0.29) is 10.8 Å². The molecule has 0 radical (unpaired) electrons. The molecule has 2 atom stereocenters. The Bertz CT molecular complexity index is 409. The zero-order valence-electron chi connectivity index (χ0n) is 12.1. The molecule has 1 aromatic carbocycles. The molecule has 1 N–H and O–H groups in total. The number of aromatic hydroxyl groups is 1. The van der Waals surface area contributed by atoms with E-state index in [4.69, 9.17) is 23.2 Å². The molecule has 0 aliphatic heterocycles. The minimum Gasteiger partial charge on any atom is -0.508 e. The number of rotatable bonds is 6. The normalized spacial score (nSPS) is 14.7. The number of halogens is 2. The Balaban J connectivity index is 2.86. The number of alkyl halides is 2. The third-order valence-electron chi connectivity index (χ3n) is 3.11. The number of hydrogen-bond acceptors (Lipinski definition) is 2. The van der Waals surface area contributed by atoms with Crippen molar-refractivity contribution < 1.29 is 5.11 Å². The van der Waals surface area contributed by atoms with Gasteiger partial charge in [0.05, 0.1) is 0 Å². The van der Waals surface area contributed by atoms with Gasteiger partial charge >= 0.3 is 0 Å². The smallest absolute Gasteiger partial charge is 0.120 e. The van der Waals surface area contributed by atoms with Crippen molar-refractivity contribution in [1.82, 2.24) is 4.90 Å². The van der Waals surface area contributed by atoms with E-state index >= 15 is 0 Å². The highest BCUT2D eigenvalue weighted by atomic mass is 35.5. The Morgan fingerprint density at radius 1 is 1.05 bits per heavy atom. The zero-order valence-corrected chi connectivity index (χ0v) is 13.6. The lowest BCUT2D eigenvalue weighted by molar-refractivity contribution is 0.266. The highest BCUT2D eigenvalue weighted by Gasteiger charge is 2.14. The molecule has 0 fully saturated rings. The van der Waals surface area contributed by atoms with Gasteiger partial charge in [-0.15, -0.1) is 23.2 Å². The Kier molecular flexibility index (Phi) is 6.45. The van der Waals surface area contributed by atoms with Crippen molar-refractivity contribution in [3.05, 3.63) is 28.8 Å². The molecule has 0 unspecified atom stereocenters. The van der Waals surface area contributed by atoms with Crippen LogP contribution in [0.4, 0.5) is 0 Å². The summed E-state index contributed by atoms with van der Waals surface area (Å²) in [5, 5.41) is 10.2. The average Bonchev–Trinajstić information content (AvgIpc) is 2.23. The maximum absolute atomic E-state index is 10.0. The fraction of sp³-hybridized carbons (Fsp3) is 0.600. The Morgan fingerprint density at radius 2 is 1.53 bits per heavy atom. The van der Waals surface area contributed by atoms with Crippen molar-refractivity contribution >= 4 is 23.2 Å². The van der Waals surface area contributed by atoms with E-state index in [9.17, 15) is 5.11 Å². The second-order valence-corrected chi connectivity index (χ2v) is 6.81. The van der Waals surface area contributed by atoms with Gasteiger partial charge in [-0.25, -0.2) is 0 Å². The second kappa shape index (κ2) is 7.37. The van der Waals surface area contributed by atoms with Crippen LogP contribution in [-0.2, 0) is 6.54 Å². The van der Waals surface area contributed by atoms with Crippen molar-refractivity contribution in [2.24, 2.45) is 0 Å². The predicted octanol–water partition coefficient (Wildman–Crippen LogP) is 4.07. The van der Waals surface area contributed by atoms with Gasteiger partial charge in [-0.2, -0.15) is 0 Å². The molecule has 108 valence electrons. The molecule has 0 saturated heterocycles. The summed E-state index contributed by atoms with van der Waals surface area (Å²) < 4.78 is 0. The van der Waals surface area contributed by atoms with Crippen molar-refractivity contribution in [2.75, 3.05) is 13.1 Å². The second-order valence-electron chi connectivity index (χ2n) is 5.32. The van der Waals surface area contributed by atoms with E-state index in [1.54, 1.807) is 0 Å². The number of phenolic OH excluding ortho intramolecular Hbond substituents is 1. The third-order valence-corrected chi connectivity index (χ3v) is 3.38. The van der Waals surface area contributed by atoms with Gasteiger partial charge in [0, 0.05) is 36.0 Å². The van der Waals surface area contributed by atoms with E-state index in [1.807, 2.05) is 32.9 Å². The highest BCUT2D eigenvalue weighted by Crippen LogP contribution is 2.23. The Morgan fingerprint density at radius 3 is 2.00 bits per heavy atom. The first kappa shape index (κ1) is 16.6. The van der Waals surface area contributed by atoms with Gasteiger partial charge in [0.15, 0.2) is 0 Å².